The van der Waals surface area contributed by atoms with Crippen LogP contribution in [0, 0.1) is 11.3 Å². The van der Waals surface area contributed by atoms with E-state index in [1.54, 1.807) is 17.0 Å². The summed E-state index contributed by atoms with van der Waals surface area (Å²) in [5.41, 5.74) is -0.473. The van der Waals surface area contributed by atoms with Crippen LogP contribution in [0.5, 0.6) is 5.75 Å². The number of nitrogens with zero attached hydrogens (tertiary/aromatic N) is 3. The van der Waals surface area contributed by atoms with Crippen LogP contribution in [0.25, 0.3) is 0 Å². The molecule has 1 saturated heterocycles. The number of methoxy groups -OCH3 is 1. The van der Waals surface area contributed by atoms with Gasteiger partial charge in [0.05, 0.1) is 23.9 Å². The molecule has 1 amide bonds. The monoisotopic (exact) mass is 431 g/mol. The molecule has 0 aromatic heterocycles. The van der Waals surface area contributed by atoms with Crippen molar-refractivity contribution >= 4 is 34.6 Å². The highest BCUT2D eigenvalue weighted by molar-refractivity contribution is 7.81. The summed E-state index contributed by atoms with van der Waals surface area (Å²) in [4.78, 5) is 16.4. The third-order valence-electron chi connectivity index (χ3n) is 5.61. The van der Waals surface area contributed by atoms with Gasteiger partial charge in [-0.05, 0) is 67.9 Å². The Morgan fingerprint density at radius 1 is 1.13 bits per heavy atom. The maximum absolute atomic E-state index is 13.4. The van der Waals surface area contributed by atoms with Gasteiger partial charge in [-0.2, -0.15) is 18.4 Å². The van der Waals surface area contributed by atoms with Crippen molar-refractivity contribution in [1.82, 2.24) is 0 Å². The molecule has 2 fully saturated rings. The summed E-state index contributed by atoms with van der Waals surface area (Å²) in [7, 11) is 1.42. The summed E-state index contributed by atoms with van der Waals surface area (Å²) in [6, 6.07) is 11.4. The Morgan fingerprint density at radius 3 is 2.27 bits per heavy atom. The highest BCUT2D eigenvalue weighted by Crippen LogP contribution is 2.48. The van der Waals surface area contributed by atoms with Gasteiger partial charge in [-0.1, -0.05) is 0 Å². The van der Waals surface area contributed by atoms with Crippen molar-refractivity contribution in [3.05, 3.63) is 53.6 Å². The van der Waals surface area contributed by atoms with Crippen LogP contribution in [-0.2, 0) is 11.0 Å². The number of carbonyl (C=O) groups excluding carboxylic acids is 1. The van der Waals surface area contributed by atoms with Crippen molar-refractivity contribution in [2.75, 3.05) is 16.9 Å². The average Bonchev–Trinajstić information content (AvgIpc) is 2.93. The quantitative estimate of drug-likeness (QED) is 0.663. The smallest absolute Gasteiger partial charge is 0.416 e. The van der Waals surface area contributed by atoms with E-state index in [2.05, 4.69) is 0 Å². The molecule has 1 heterocycles. The number of thiocarbonyl (C=S) groups is 1. The predicted molar refractivity (Wildman–Crippen MR) is 108 cm³/mol. The number of halogens is 3. The standard InChI is InChI=1S/C21H16F3N3O2S/c1-29-17-11-16(6-3-13(17)12-25)26-18(28)20(9-2-10-20)27(19(26)30)15-7-4-14(5-8-15)21(22,23)24/h3-8,11H,2,9-10H2,1H3. The van der Waals surface area contributed by atoms with Crippen molar-refractivity contribution in [3.63, 3.8) is 0 Å². The molecule has 0 radical (unpaired) electrons. The SMILES string of the molecule is COc1cc(N2C(=O)C3(CCC3)N(c3ccc(C(F)(F)F)cc3)C2=S)ccc1C#N. The van der Waals surface area contributed by atoms with Gasteiger partial charge in [-0.25, -0.2) is 0 Å². The van der Waals surface area contributed by atoms with E-state index < -0.39 is 17.3 Å². The number of rotatable bonds is 3. The number of hydrogen-bond acceptors (Lipinski definition) is 4. The van der Waals surface area contributed by atoms with E-state index in [9.17, 15) is 23.2 Å². The average molecular weight is 431 g/mol. The number of ether oxygens (including phenoxy) is 1. The Balaban J connectivity index is 1.76. The minimum absolute atomic E-state index is 0.186. The molecule has 1 saturated carbocycles. The Bertz CT molecular complexity index is 1070. The van der Waals surface area contributed by atoms with Crippen LogP contribution in [0.15, 0.2) is 42.5 Å². The summed E-state index contributed by atoms with van der Waals surface area (Å²) in [5, 5.41) is 9.37. The molecule has 0 unspecified atom stereocenters. The number of amides is 1. The predicted octanol–water partition coefficient (Wildman–Crippen LogP) is 4.65. The number of alkyl halides is 3. The minimum atomic E-state index is -4.45. The first-order valence-corrected chi connectivity index (χ1v) is 9.58. The largest absolute Gasteiger partial charge is 0.495 e. The van der Waals surface area contributed by atoms with E-state index in [4.69, 9.17) is 17.0 Å². The number of carbonyl (C=O) groups is 1. The van der Waals surface area contributed by atoms with Gasteiger partial charge in [0.25, 0.3) is 5.91 Å². The van der Waals surface area contributed by atoms with Crippen LogP contribution in [0.1, 0.15) is 30.4 Å². The highest BCUT2D eigenvalue weighted by atomic mass is 32.1. The van der Waals surface area contributed by atoms with Crippen LogP contribution in [0.3, 0.4) is 0 Å². The molecule has 1 aliphatic heterocycles. The lowest BCUT2D eigenvalue weighted by Gasteiger charge is -2.43. The number of hydrogen-bond donors (Lipinski definition) is 0. The molecule has 2 aromatic rings. The fourth-order valence-corrected chi connectivity index (χ4v) is 4.39. The zero-order chi connectivity index (χ0) is 21.7. The topological polar surface area (TPSA) is 56.6 Å². The van der Waals surface area contributed by atoms with Gasteiger partial charge in [-0.3, -0.25) is 9.69 Å². The lowest BCUT2D eigenvalue weighted by atomic mass is 9.75. The molecule has 4 rings (SSSR count). The van der Waals surface area contributed by atoms with Gasteiger partial charge < -0.3 is 9.64 Å². The Morgan fingerprint density at radius 2 is 1.77 bits per heavy atom. The summed E-state index contributed by atoms with van der Waals surface area (Å²) in [5.74, 6) is 0.0756. The molecule has 5 nitrogen and oxygen atoms in total. The molecular formula is C21H16F3N3O2S. The second-order valence-electron chi connectivity index (χ2n) is 7.18. The molecule has 1 aliphatic carbocycles. The summed E-state index contributed by atoms with van der Waals surface area (Å²) in [6.07, 6.45) is -2.52. The third kappa shape index (κ3) is 2.91. The Labute approximate surface area is 176 Å². The van der Waals surface area contributed by atoms with E-state index in [1.165, 1.54) is 30.2 Å². The van der Waals surface area contributed by atoms with Crippen LogP contribution in [-0.4, -0.2) is 23.7 Å². The second kappa shape index (κ2) is 6.99. The third-order valence-corrected chi connectivity index (χ3v) is 5.97. The fraction of sp³-hybridized carbons (Fsp3) is 0.286. The Kier molecular flexibility index (Phi) is 4.70. The molecule has 1 spiro atoms. The normalized spacial score (nSPS) is 17.8. The second-order valence-corrected chi connectivity index (χ2v) is 7.55. The lowest BCUT2D eigenvalue weighted by Crippen LogP contribution is -2.55. The first-order chi connectivity index (χ1) is 14.2. The first kappa shape index (κ1) is 20.2. The zero-order valence-electron chi connectivity index (χ0n) is 15.9. The van der Waals surface area contributed by atoms with E-state index in [-0.39, 0.29) is 11.0 Å². The van der Waals surface area contributed by atoms with E-state index in [0.29, 0.717) is 35.5 Å². The van der Waals surface area contributed by atoms with Crippen molar-refractivity contribution in [2.24, 2.45) is 0 Å². The van der Waals surface area contributed by atoms with Gasteiger partial charge in [0.2, 0.25) is 0 Å². The number of benzene rings is 2. The van der Waals surface area contributed by atoms with E-state index >= 15 is 0 Å². The molecule has 154 valence electrons. The maximum Gasteiger partial charge on any atom is 0.416 e. The van der Waals surface area contributed by atoms with Gasteiger partial charge in [0, 0.05) is 11.8 Å². The van der Waals surface area contributed by atoms with Gasteiger partial charge in [0.15, 0.2) is 5.11 Å². The Hall–Kier alpha value is -3.12. The zero-order valence-corrected chi connectivity index (χ0v) is 16.7. The maximum atomic E-state index is 13.4. The molecule has 0 N–H and O–H groups in total. The van der Waals surface area contributed by atoms with Gasteiger partial charge >= 0.3 is 6.18 Å². The number of anilines is 2. The van der Waals surface area contributed by atoms with Gasteiger partial charge in [0.1, 0.15) is 17.4 Å². The number of nitriles is 1. The van der Waals surface area contributed by atoms with Crippen LogP contribution < -0.4 is 14.5 Å². The van der Waals surface area contributed by atoms with E-state index in [0.717, 1.165) is 18.6 Å². The molecule has 2 aromatic carbocycles. The summed E-state index contributed by atoms with van der Waals surface area (Å²) < 4.78 is 44.1. The van der Waals surface area contributed by atoms with Crippen LogP contribution in [0.2, 0.25) is 0 Å². The fourth-order valence-electron chi connectivity index (χ4n) is 3.92. The van der Waals surface area contributed by atoms with Crippen LogP contribution >= 0.6 is 12.2 Å². The first-order valence-electron chi connectivity index (χ1n) is 9.17. The molecule has 2 aliphatic rings. The lowest BCUT2D eigenvalue weighted by molar-refractivity contribution is -0.137. The van der Waals surface area contributed by atoms with E-state index in [1.807, 2.05) is 6.07 Å². The minimum Gasteiger partial charge on any atom is -0.495 e. The molecule has 0 atom stereocenters. The highest BCUT2D eigenvalue weighted by Gasteiger charge is 2.59. The van der Waals surface area contributed by atoms with Gasteiger partial charge in [-0.15, -0.1) is 0 Å². The molecule has 30 heavy (non-hydrogen) atoms. The van der Waals surface area contributed by atoms with Crippen molar-refractivity contribution in [3.8, 4) is 11.8 Å². The van der Waals surface area contributed by atoms with Crippen LogP contribution in [0.4, 0.5) is 24.5 Å². The van der Waals surface area contributed by atoms with Crippen molar-refractivity contribution < 1.29 is 22.7 Å². The summed E-state index contributed by atoms with van der Waals surface area (Å²) in [6.45, 7) is 0. The molecule has 9 heteroatoms. The van der Waals surface area contributed by atoms with Crippen molar-refractivity contribution in [1.29, 1.82) is 5.26 Å². The van der Waals surface area contributed by atoms with Crippen molar-refractivity contribution in [2.45, 2.75) is 31.0 Å². The molecular weight excluding hydrogens is 415 g/mol. The molecule has 0 bridgehead atoms. The summed E-state index contributed by atoms with van der Waals surface area (Å²) >= 11 is 5.60.